The molecule has 0 spiro atoms. The van der Waals surface area contributed by atoms with E-state index in [9.17, 15) is 9.90 Å². The van der Waals surface area contributed by atoms with Gasteiger partial charge in [0.2, 0.25) is 5.78 Å². The number of carbonyl (C=O) groups is 1. The lowest BCUT2D eigenvalue weighted by Gasteiger charge is -2.10. The molecule has 0 radical (unpaired) electrons. The Morgan fingerprint density at radius 3 is 2.04 bits per heavy atom. The van der Waals surface area contributed by atoms with E-state index in [0.29, 0.717) is 5.69 Å². The molecule has 0 aliphatic heterocycles. The van der Waals surface area contributed by atoms with Gasteiger partial charge >= 0.3 is 0 Å². The van der Waals surface area contributed by atoms with E-state index in [1.54, 1.807) is 12.1 Å². The molecule has 0 aliphatic rings. The zero-order valence-corrected chi connectivity index (χ0v) is 12.8. The van der Waals surface area contributed by atoms with E-state index in [2.05, 4.69) is 9.97 Å². The normalized spacial score (nSPS) is 12.4. The number of aliphatic hydroxyl groups is 1. The van der Waals surface area contributed by atoms with Crippen LogP contribution in [0.5, 0.6) is 0 Å². The first-order valence-corrected chi connectivity index (χ1v) is 7.66. The van der Waals surface area contributed by atoms with Gasteiger partial charge in [0, 0.05) is 10.8 Å². The molecule has 116 valence electrons. The van der Waals surface area contributed by atoms with Crippen LogP contribution in [-0.2, 0) is 0 Å². The minimum atomic E-state index is -1.33. The summed E-state index contributed by atoms with van der Waals surface area (Å²) in [6, 6.07) is 22.1. The predicted molar refractivity (Wildman–Crippen MR) is 92.8 cm³/mol. The number of aliphatic hydroxyl groups excluding tert-OH is 1. The number of fused-ring (bicyclic) bond motifs is 2. The Bertz CT molecular complexity index is 1060. The molecule has 0 saturated carbocycles. The summed E-state index contributed by atoms with van der Waals surface area (Å²) in [7, 11) is 0. The van der Waals surface area contributed by atoms with Crippen molar-refractivity contribution in [3.8, 4) is 0 Å². The van der Waals surface area contributed by atoms with Crippen LogP contribution in [0, 0.1) is 0 Å². The molecule has 4 rings (SSSR count). The third kappa shape index (κ3) is 2.53. The van der Waals surface area contributed by atoms with Crippen molar-refractivity contribution in [3.63, 3.8) is 0 Å². The van der Waals surface area contributed by atoms with Crippen LogP contribution in [0.4, 0.5) is 0 Å². The zero-order valence-electron chi connectivity index (χ0n) is 12.8. The van der Waals surface area contributed by atoms with Gasteiger partial charge in [-0.05, 0) is 24.3 Å². The number of ketones is 1. The second-order valence-corrected chi connectivity index (χ2v) is 5.58. The molecule has 1 atom stereocenters. The number of hydrogen-bond donors (Lipinski definition) is 1. The zero-order chi connectivity index (χ0) is 16.5. The van der Waals surface area contributed by atoms with Crippen LogP contribution in [0.15, 0.2) is 72.8 Å². The number of aromatic nitrogens is 2. The van der Waals surface area contributed by atoms with E-state index in [1.165, 1.54) is 0 Å². The fourth-order valence-corrected chi connectivity index (χ4v) is 2.71. The number of nitrogens with zero attached hydrogens (tertiary/aromatic N) is 2. The molecular formula is C20H14N2O2. The quantitative estimate of drug-likeness (QED) is 0.586. The molecule has 0 amide bonds. The van der Waals surface area contributed by atoms with Crippen molar-refractivity contribution in [1.29, 1.82) is 0 Å². The molecule has 2 aromatic heterocycles. The number of hydrogen-bond acceptors (Lipinski definition) is 4. The summed E-state index contributed by atoms with van der Waals surface area (Å²) >= 11 is 0. The van der Waals surface area contributed by atoms with E-state index < -0.39 is 11.9 Å². The molecule has 1 N–H and O–H groups in total. The van der Waals surface area contributed by atoms with Gasteiger partial charge in [0.15, 0.2) is 6.10 Å². The molecule has 0 aliphatic carbocycles. The second-order valence-electron chi connectivity index (χ2n) is 5.58. The van der Waals surface area contributed by atoms with Gasteiger partial charge in [0.05, 0.1) is 16.7 Å². The third-order valence-corrected chi connectivity index (χ3v) is 4.00. The Morgan fingerprint density at radius 1 is 0.750 bits per heavy atom. The summed E-state index contributed by atoms with van der Waals surface area (Å²) in [6.45, 7) is 0. The smallest absolute Gasteiger partial charge is 0.215 e. The van der Waals surface area contributed by atoms with Crippen molar-refractivity contribution in [2.24, 2.45) is 0 Å². The van der Waals surface area contributed by atoms with E-state index in [0.717, 1.165) is 21.8 Å². The summed E-state index contributed by atoms with van der Waals surface area (Å²) in [5.41, 5.74) is 2.03. The molecule has 4 aromatic rings. The van der Waals surface area contributed by atoms with Gasteiger partial charge in [-0.2, -0.15) is 0 Å². The van der Waals surface area contributed by atoms with E-state index in [4.69, 9.17) is 0 Å². The van der Waals surface area contributed by atoms with Crippen LogP contribution in [0.25, 0.3) is 21.8 Å². The first kappa shape index (κ1) is 14.5. The number of rotatable bonds is 3. The fraction of sp³-hybridized carbons (Fsp3) is 0.0500. The highest BCUT2D eigenvalue weighted by atomic mass is 16.3. The topological polar surface area (TPSA) is 63.1 Å². The molecule has 2 heterocycles. The Hall–Kier alpha value is -3.11. The molecule has 4 nitrogen and oxygen atoms in total. The Kier molecular flexibility index (Phi) is 3.52. The average molecular weight is 314 g/mol. The molecular weight excluding hydrogens is 300 g/mol. The SMILES string of the molecule is O=C(c1ccc2ccccc2n1)[C@@H](O)c1ccc2ccccc2n1. The van der Waals surface area contributed by atoms with Crippen molar-refractivity contribution >= 4 is 27.6 Å². The third-order valence-electron chi connectivity index (χ3n) is 4.00. The first-order valence-electron chi connectivity index (χ1n) is 7.66. The average Bonchev–Trinajstić information content (AvgIpc) is 2.66. The van der Waals surface area contributed by atoms with Gasteiger partial charge in [0.25, 0.3) is 0 Å². The van der Waals surface area contributed by atoms with Crippen molar-refractivity contribution in [2.75, 3.05) is 0 Å². The van der Waals surface area contributed by atoms with E-state index in [-0.39, 0.29) is 5.69 Å². The van der Waals surface area contributed by atoms with Crippen molar-refractivity contribution in [2.45, 2.75) is 6.10 Å². The monoisotopic (exact) mass is 314 g/mol. The highest BCUT2D eigenvalue weighted by Gasteiger charge is 2.22. The van der Waals surface area contributed by atoms with Gasteiger partial charge < -0.3 is 5.11 Å². The minimum Gasteiger partial charge on any atom is -0.378 e. The van der Waals surface area contributed by atoms with Gasteiger partial charge in [-0.25, -0.2) is 9.97 Å². The predicted octanol–water partition coefficient (Wildman–Crippen LogP) is 3.70. The lowest BCUT2D eigenvalue weighted by Crippen LogP contribution is -2.15. The van der Waals surface area contributed by atoms with Crippen LogP contribution in [0.3, 0.4) is 0 Å². The Morgan fingerprint density at radius 2 is 1.33 bits per heavy atom. The standard InChI is InChI=1S/C20H14N2O2/c23-19(17-11-9-13-5-1-3-7-15(13)21-17)20(24)18-12-10-14-6-2-4-8-16(14)22-18/h1-12,19,23H/t19-/m0/s1. The summed E-state index contributed by atoms with van der Waals surface area (Å²) in [6.07, 6.45) is -1.33. The van der Waals surface area contributed by atoms with Crippen molar-refractivity contribution in [1.82, 2.24) is 9.97 Å². The lowest BCUT2D eigenvalue weighted by atomic mass is 10.1. The maximum absolute atomic E-state index is 12.6. The molecule has 0 bridgehead atoms. The van der Waals surface area contributed by atoms with Gasteiger partial charge in [-0.3, -0.25) is 4.79 Å². The van der Waals surface area contributed by atoms with Crippen LogP contribution < -0.4 is 0 Å². The molecule has 0 saturated heterocycles. The molecule has 0 fully saturated rings. The van der Waals surface area contributed by atoms with E-state index in [1.807, 2.05) is 60.7 Å². The number of pyridine rings is 2. The number of Topliss-reactive ketones (excluding diaryl/α,β-unsaturated/α-hetero) is 1. The number of carbonyl (C=O) groups excluding carboxylic acids is 1. The van der Waals surface area contributed by atoms with Gasteiger partial charge in [-0.15, -0.1) is 0 Å². The van der Waals surface area contributed by atoms with Gasteiger partial charge in [0.1, 0.15) is 5.69 Å². The fourth-order valence-electron chi connectivity index (χ4n) is 2.71. The summed E-state index contributed by atoms with van der Waals surface area (Å²) in [5, 5.41) is 12.3. The lowest BCUT2D eigenvalue weighted by molar-refractivity contribution is 0.0735. The van der Waals surface area contributed by atoms with E-state index >= 15 is 0 Å². The van der Waals surface area contributed by atoms with Crippen molar-refractivity contribution in [3.05, 3.63) is 84.2 Å². The van der Waals surface area contributed by atoms with Crippen LogP contribution in [-0.4, -0.2) is 20.9 Å². The summed E-state index contributed by atoms with van der Waals surface area (Å²) in [5.74, 6) is -0.455. The van der Waals surface area contributed by atoms with Gasteiger partial charge in [-0.1, -0.05) is 48.5 Å². The highest BCUT2D eigenvalue weighted by Crippen LogP contribution is 2.21. The second kappa shape index (κ2) is 5.83. The van der Waals surface area contributed by atoms with Crippen LogP contribution in [0.2, 0.25) is 0 Å². The highest BCUT2D eigenvalue weighted by molar-refractivity contribution is 6.00. The molecule has 2 aromatic carbocycles. The Balaban J connectivity index is 1.70. The first-order chi connectivity index (χ1) is 11.7. The summed E-state index contributed by atoms with van der Waals surface area (Å²) in [4.78, 5) is 21.3. The number of benzene rings is 2. The largest absolute Gasteiger partial charge is 0.378 e. The maximum atomic E-state index is 12.6. The number of para-hydroxylation sites is 2. The molecule has 4 heteroatoms. The molecule has 0 unspecified atom stereocenters. The van der Waals surface area contributed by atoms with Crippen molar-refractivity contribution < 1.29 is 9.90 Å². The molecule has 24 heavy (non-hydrogen) atoms. The maximum Gasteiger partial charge on any atom is 0.215 e. The minimum absolute atomic E-state index is 0.233. The summed E-state index contributed by atoms with van der Waals surface area (Å²) < 4.78 is 0. The van der Waals surface area contributed by atoms with Crippen LogP contribution >= 0.6 is 0 Å². The Labute approximate surface area is 138 Å². The van der Waals surface area contributed by atoms with Crippen LogP contribution in [0.1, 0.15) is 22.3 Å².